The molecule has 3 nitrogen and oxygen atoms in total. The molecule has 1 atom stereocenters. The van der Waals surface area contributed by atoms with E-state index in [4.69, 9.17) is 0 Å². The van der Waals surface area contributed by atoms with Gasteiger partial charge in [0.05, 0.1) is 17.5 Å². The molecule has 0 bridgehead atoms. The molecule has 1 aliphatic carbocycles. The first-order chi connectivity index (χ1) is 8.11. The van der Waals surface area contributed by atoms with E-state index in [1.54, 1.807) is 0 Å². The average Bonchev–Trinajstić information content (AvgIpc) is 3.01. The Labute approximate surface area is 106 Å². The lowest BCUT2D eigenvalue weighted by atomic mass is 10.1. The van der Waals surface area contributed by atoms with Crippen molar-refractivity contribution in [2.75, 3.05) is 6.61 Å². The van der Waals surface area contributed by atoms with Crippen molar-refractivity contribution < 1.29 is 9.90 Å². The Kier molecular flexibility index (Phi) is 3.84. The van der Waals surface area contributed by atoms with Crippen LogP contribution < -0.4 is 5.32 Å². The number of nitrogens with one attached hydrogen (secondary N) is 1. The zero-order valence-electron chi connectivity index (χ0n) is 10.3. The van der Waals surface area contributed by atoms with Crippen molar-refractivity contribution >= 4 is 17.2 Å². The number of amides is 1. The minimum Gasteiger partial charge on any atom is -0.394 e. The minimum atomic E-state index is -0.0629. The lowest BCUT2D eigenvalue weighted by Crippen LogP contribution is -2.38. The largest absolute Gasteiger partial charge is 0.394 e. The topological polar surface area (TPSA) is 49.3 Å². The summed E-state index contributed by atoms with van der Waals surface area (Å²) in [6.07, 6.45) is 2.24. The van der Waals surface area contributed by atoms with Gasteiger partial charge >= 0.3 is 0 Å². The molecule has 2 N–H and O–H groups in total. The number of rotatable bonds is 5. The predicted octanol–water partition coefficient (Wildman–Crippen LogP) is 2.37. The molecular weight excluding hydrogens is 234 g/mol. The smallest absolute Gasteiger partial charge is 0.261 e. The fourth-order valence-electron chi connectivity index (χ4n) is 1.82. The summed E-state index contributed by atoms with van der Waals surface area (Å²) in [7, 11) is 0. The van der Waals surface area contributed by atoms with Crippen LogP contribution in [-0.2, 0) is 0 Å². The van der Waals surface area contributed by atoms with Gasteiger partial charge in [-0.3, -0.25) is 4.79 Å². The second kappa shape index (κ2) is 5.19. The lowest BCUT2D eigenvalue weighted by Gasteiger charge is -2.14. The van der Waals surface area contributed by atoms with Crippen LogP contribution in [0.1, 0.15) is 47.8 Å². The lowest BCUT2D eigenvalue weighted by molar-refractivity contribution is 0.0912. The molecule has 0 aliphatic heterocycles. The number of aliphatic hydroxyl groups excluding tert-OH is 1. The maximum Gasteiger partial charge on any atom is 0.261 e. The zero-order chi connectivity index (χ0) is 12.4. The summed E-state index contributed by atoms with van der Waals surface area (Å²) < 4.78 is 0. The number of aliphatic hydroxyl groups is 1. The van der Waals surface area contributed by atoms with E-state index in [0.717, 1.165) is 17.7 Å². The molecule has 94 valence electrons. The summed E-state index contributed by atoms with van der Waals surface area (Å²) in [5.74, 6) is 0.881. The quantitative estimate of drug-likeness (QED) is 0.846. The van der Waals surface area contributed by atoms with Gasteiger partial charge < -0.3 is 10.4 Å². The van der Waals surface area contributed by atoms with E-state index >= 15 is 0 Å². The second-order valence-corrected chi connectivity index (χ2v) is 5.91. The number of hydrogen-bond donors (Lipinski definition) is 2. The van der Waals surface area contributed by atoms with Gasteiger partial charge in [0.1, 0.15) is 0 Å². The molecule has 1 unspecified atom stereocenters. The van der Waals surface area contributed by atoms with Gasteiger partial charge in [-0.25, -0.2) is 0 Å². The van der Waals surface area contributed by atoms with Crippen LogP contribution in [0.5, 0.6) is 0 Å². The fourth-order valence-corrected chi connectivity index (χ4v) is 2.80. The number of carbonyl (C=O) groups excluding carboxylic acids is 1. The number of hydrogen-bond acceptors (Lipinski definition) is 3. The third-order valence-electron chi connectivity index (χ3n) is 3.21. The van der Waals surface area contributed by atoms with Crippen LogP contribution in [0.3, 0.4) is 0 Å². The van der Waals surface area contributed by atoms with Gasteiger partial charge in [0, 0.05) is 0 Å². The van der Waals surface area contributed by atoms with Gasteiger partial charge in [-0.2, -0.15) is 0 Å². The Balaban J connectivity index is 1.98. The van der Waals surface area contributed by atoms with Gasteiger partial charge in [-0.1, -0.05) is 13.8 Å². The predicted molar refractivity (Wildman–Crippen MR) is 69.5 cm³/mol. The van der Waals surface area contributed by atoms with Gasteiger partial charge in [-0.05, 0) is 41.7 Å². The molecule has 4 heteroatoms. The van der Waals surface area contributed by atoms with E-state index in [0.29, 0.717) is 11.8 Å². The molecule has 0 spiro atoms. The van der Waals surface area contributed by atoms with Crippen LogP contribution in [0.25, 0.3) is 0 Å². The van der Waals surface area contributed by atoms with E-state index in [1.165, 1.54) is 16.9 Å². The van der Waals surface area contributed by atoms with Crippen molar-refractivity contribution in [1.29, 1.82) is 0 Å². The number of thiophene rings is 1. The average molecular weight is 253 g/mol. The Bertz CT molecular complexity index is 396. The molecule has 0 radical (unpaired) electrons. The van der Waals surface area contributed by atoms with Gasteiger partial charge in [0.25, 0.3) is 5.91 Å². The van der Waals surface area contributed by atoms with Crippen molar-refractivity contribution in [3.63, 3.8) is 0 Å². The third kappa shape index (κ3) is 3.07. The van der Waals surface area contributed by atoms with E-state index in [1.807, 2.05) is 11.4 Å². The summed E-state index contributed by atoms with van der Waals surface area (Å²) in [4.78, 5) is 12.7. The second-order valence-electron chi connectivity index (χ2n) is 5.00. The number of carbonyl (C=O) groups is 1. The van der Waals surface area contributed by atoms with Crippen LogP contribution in [-0.4, -0.2) is 23.7 Å². The molecule has 1 aliphatic rings. The van der Waals surface area contributed by atoms with Crippen molar-refractivity contribution in [3.8, 4) is 0 Å². The van der Waals surface area contributed by atoms with Crippen molar-refractivity contribution in [2.24, 2.45) is 5.92 Å². The van der Waals surface area contributed by atoms with Crippen LogP contribution in [0.4, 0.5) is 0 Å². The molecule has 1 fully saturated rings. The van der Waals surface area contributed by atoms with Gasteiger partial charge in [0.15, 0.2) is 0 Å². The molecule has 1 amide bonds. The fraction of sp³-hybridized carbons (Fsp3) is 0.615. The highest BCUT2D eigenvalue weighted by molar-refractivity contribution is 7.12. The van der Waals surface area contributed by atoms with E-state index in [-0.39, 0.29) is 18.6 Å². The van der Waals surface area contributed by atoms with E-state index in [9.17, 15) is 9.90 Å². The van der Waals surface area contributed by atoms with Crippen molar-refractivity contribution in [2.45, 2.75) is 38.6 Å². The first-order valence-electron chi connectivity index (χ1n) is 6.12. The Hall–Kier alpha value is -0.870. The zero-order valence-corrected chi connectivity index (χ0v) is 11.1. The van der Waals surface area contributed by atoms with Crippen LogP contribution in [0, 0.1) is 5.92 Å². The van der Waals surface area contributed by atoms with E-state index < -0.39 is 0 Å². The minimum absolute atomic E-state index is 0.0405. The molecule has 1 aromatic rings. The Morgan fingerprint density at radius 3 is 2.76 bits per heavy atom. The Morgan fingerprint density at radius 2 is 2.29 bits per heavy atom. The first-order valence-corrected chi connectivity index (χ1v) is 7.00. The highest BCUT2D eigenvalue weighted by Crippen LogP contribution is 2.32. The molecule has 1 saturated carbocycles. The summed E-state index contributed by atoms with van der Waals surface area (Å²) in [5.41, 5.74) is 1.20. The SMILES string of the molecule is CC(C)c1csc(C(=O)NC(CO)C2CC2)c1. The molecular formula is C13H19NO2S. The molecule has 1 heterocycles. The maximum absolute atomic E-state index is 12.0. The maximum atomic E-state index is 12.0. The first kappa shape index (κ1) is 12.6. The molecule has 2 rings (SSSR count). The summed E-state index contributed by atoms with van der Waals surface area (Å²) in [6, 6.07) is 1.89. The van der Waals surface area contributed by atoms with E-state index in [2.05, 4.69) is 19.2 Å². The molecule has 0 saturated heterocycles. The van der Waals surface area contributed by atoms with Gasteiger partial charge in [-0.15, -0.1) is 11.3 Å². The monoisotopic (exact) mass is 253 g/mol. The third-order valence-corrected chi connectivity index (χ3v) is 4.16. The highest BCUT2D eigenvalue weighted by atomic mass is 32.1. The molecule has 0 aromatic carbocycles. The van der Waals surface area contributed by atoms with Crippen LogP contribution >= 0.6 is 11.3 Å². The van der Waals surface area contributed by atoms with Crippen molar-refractivity contribution in [1.82, 2.24) is 5.32 Å². The van der Waals surface area contributed by atoms with Crippen LogP contribution in [0.15, 0.2) is 11.4 Å². The normalized spacial score (nSPS) is 17.2. The van der Waals surface area contributed by atoms with Crippen LogP contribution in [0.2, 0.25) is 0 Å². The summed E-state index contributed by atoms with van der Waals surface area (Å²) in [6.45, 7) is 4.27. The summed E-state index contributed by atoms with van der Waals surface area (Å²) >= 11 is 1.48. The van der Waals surface area contributed by atoms with Crippen molar-refractivity contribution in [3.05, 3.63) is 21.9 Å². The van der Waals surface area contributed by atoms with Gasteiger partial charge in [0.2, 0.25) is 0 Å². The summed E-state index contributed by atoms with van der Waals surface area (Å²) in [5, 5.41) is 14.2. The highest BCUT2D eigenvalue weighted by Gasteiger charge is 2.32. The molecule has 17 heavy (non-hydrogen) atoms. The molecule has 1 aromatic heterocycles. The standard InChI is InChI=1S/C13H19NO2S/c1-8(2)10-5-12(17-7-10)13(16)14-11(6-15)9-3-4-9/h5,7-9,11,15H,3-4,6H2,1-2H3,(H,14,16). The Morgan fingerprint density at radius 1 is 1.59 bits per heavy atom.